The topological polar surface area (TPSA) is 75.9 Å². The van der Waals surface area contributed by atoms with Gasteiger partial charge >= 0.3 is 0 Å². The fourth-order valence-corrected chi connectivity index (χ4v) is 2.23. The zero-order chi connectivity index (χ0) is 14.7. The molecule has 0 bridgehead atoms. The molecule has 0 atom stereocenters. The number of hydrazine groups is 1. The van der Waals surface area contributed by atoms with E-state index < -0.39 is 0 Å². The zero-order valence-corrected chi connectivity index (χ0v) is 12.8. The van der Waals surface area contributed by atoms with E-state index in [1.54, 1.807) is 6.07 Å². The molecule has 0 spiro atoms. The number of benzene rings is 1. The average molecular weight is 340 g/mol. The molecule has 7 heteroatoms. The Hall–Kier alpha value is -1.73. The van der Waals surface area contributed by atoms with Gasteiger partial charge in [-0.3, -0.25) is 0 Å². The Balaban J connectivity index is 2.42. The smallest absolute Gasteiger partial charge is 0.148 e. The summed E-state index contributed by atoms with van der Waals surface area (Å²) in [5.41, 5.74) is 4.98. The molecule has 0 saturated carbocycles. The van der Waals surface area contributed by atoms with Crippen LogP contribution in [0.15, 0.2) is 22.9 Å². The quantitative estimate of drug-likeness (QED) is 0.588. The normalized spacial score (nSPS) is 10.4. The van der Waals surface area contributed by atoms with Gasteiger partial charge in [0.25, 0.3) is 0 Å². The number of hydrogen-bond donors (Lipinski definition) is 3. The molecule has 0 fully saturated rings. The lowest BCUT2D eigenvalue weighted by Gasteiger charge is -2.14. The second-order valence-electron chi connectivity index (χ2n) is 4.25. The number of anilines is 3. The van der Waals surface area contributed by atoms with Gasteiger partial charge in [-0.1, -0.05) is 6.92 Å². The summed E-state index contributed by atoms with van der Waals surface area (Å²) in [6, 6.07) is 3.14. The molecule has 0 aliphatic rings. The van der Waals surface area contributed by atoms with Crippen LogP contribution in [0.1, 0.15) is 18.1 Å². The maximum Gasteiger partial charge on any atom is 0.148 e. The first-order valence-corrected chi connectivity index (χ1v) is 6.89. The van der Waals surface area contributed by atoms with Crippen molar-refractivity contribution in [3.63, 3.8) is 0 Å². The van der Waals surface area contributed by atoms with Crippen LogP contribution in [-0.4, -0.2) is 9.97 Å². The van der Waals surface area contributed by atoms with Gasteiger partial charge in [-0.05, 0) is 47.0 Å². The summed E-state index contributed by atoms with van der Waals surface area (Å²) in [6.07, 6.45) is 2.13. The standard InChI is InChI=1S/C13H15BrFN5/c1-3-8-12(17-6-18-13(8)20-16)19-11-5-9(14)10(15)4-7(11)2/h4-6H,3,16H2,1-2H3,(H2,17,18,19,20). The van der Waals surface area contributed by atoms with Crippen molar-refractivity contribution in [3.05, 3.63) is 39.9 Å². The minimum absolute atomic E-state index is 0.296. The highest BCUT2D eigenvalue weighted by atomic mass is 79.9. The van der Waals surface area contributed by atoms with Gasteiger partial charge in [-0.25, -0.2) is 20.2 Å². The van der Waals surface area contributed by atoms with Gasteiger partial charge in [0, 0.05) is 11.3 Å². The van der Waals surface area contributed by atoms with Gasteiger partial charge in [0.15, 0.2) is 0 Å². The van der Waals surface area contributed by atoms with Crippen LogP contribution in [0.2, 0.25) is 0 Å². The second kappa shape index (κ2) is 6.15. The fraction of sp³-hybridized carbons (Fsp3) is 0.231. The molecule has 106 valence electrons. The molecule has 0 amide bonds. The molecule has 0 aliphatic heterocycles. The number of nitrogens with two attached hydrogens (primary N) is 1. The van der Waals surface area contributed by atoms with Gasteiger partial charge in [0.2, 0.25) is 0 Å². The molecular weight excluding hydrogens is 325 g/mol. The van der Waals surface area contributed by atoms with Crippen molar-refractivity contribution in [2.75, 3.05) is 10.7 Å². The Morgan fingerprint density at radius 2 is 2.00 bits per heavy atom. The molecule has 0 unspecified atom stereocenters. The van der Waals surface area contributed by atoms with Crippen LogP contribution in [-0.2, 0) is 6.42 Å². The Morgan fingerprint density at radius 1 is 1.30 bits per heavy atom. The SMILES string of the molecule is CCc1c(NN)ncnc1Nc1cc(Br)c(F)cc1C. The van der Waals surface area contributed by atoms with E-state index in [2.05, 4.69) is 36.6 Å². The third-order valence-electron chi connectivity index (χ3n) is 2.96. The molecular formula is C13H15BrFN5. The van der Waals surface area contributed by atoms with Crippen LogP contribution in [0.4, 0.5) is 21.7 Å². The van der Waals surface area contributed by atoms with Crippen LogP contribution in [0.5, 0.6) is 0 Å². The van der Waals surface area contributed by atoms with E-state index >= 15 is 0 Å². The minimum Gasteiger partial charge on any atom is -0.340 e. The monoisotopic (exact) mass is 339 g/mol. The van der Waals surface area contributed by atoms with Crippen LogP contribution >= 0.6 is 15.9 Å². The van der Waals surface area contributed by atoms with E-state index in [0.717, 1.165) is 16.8 Å². The molecule has 2 rings (SSSR count). The second-order valence-corrected chi connectivity index (χ2v) is 5.11. The van der Waals surface area contributed by atoms with Crippen molar-refractivity contribution in [1.29, 1.82) is 0 Å². The number of hydrogen-bond acceptors (Lipinski definition) is 5. The maximum absolute atomic E-state index is 13.4. The van der Waals surface area contributed by atoms with E-state index in [9.17, 15) is 4.39 Å². The van der Waals surface area contributed by atoms with Gasteiger partial charge in [0.1, 0.15) is 23.8 Å². The zero-order valence-electron chi connectivity index (χ0n) is 11.2. The fourth-order valence-electron chi connectivity index (χ4n) is 1.89. The van der Waals surface area contributed by atoms with Crippen molar-refractivity contribution in [3.8, 4) is 0 Å². The van der Waals surface area contributed by atoms with Crippen molar-refractivity contribution >= 4 is 33.3 Å². The van der Waals surface area contributed by atoms with E-state index in [1.807, 2.05) is 13.8 Å². The molecule has 20 heavy (non-hydrogen) atoms. The highest BCUT2D eigenvalue weighted by molar-refractivity contribution is 9.10. The Morgan fingerprint density at radius 3 is 2.65 bits per heavy atom. The van der Waals surface area contributed by atoms with Crippen molar-refractivity contribution in [2.24, 2.45) is 5.84 Å². The number of nitrogens with zero attached hydrogens (tertiary/aromatic N) is 2. The van der Waals surface area contributed by atoms with E-state index in [4.69, 9.17) is 5.84 Å². The summed E-state index contributed by atoms with van der Waals surface area (Å²) in [5, 5.41) is 3.19. The molecule has 0 saturated heterocycles. The lowest BCUT2D eigenvalue weighted by molar-refractivity contribution is 0.620. The maximum atomic E-state index is 13.4. The summed E-state index contributed by atoms with van der Waals surface area (Å²) in [5.74, 6) is 6.36. The Bertz CT molecular complexity index is 632. The highest BCUT2D eigenvalue weighted by Crippen LogP contribution is 2.29. The van der Waals surface area contributed by atoms with Gasteiger partial charge in [-0.15, -0.1) is 0 Å². The number of nitrogens with one attached hydrogen (secondary N) is 2. The molecule has 2 aromatic rings. The molecule has 1 heterocycles. The number of aryl methyl sites for hydroxylation is 1. The van der Waals surface area contributed by atoms with Crippen molar-refractivity contribution in [2.45, 2.75) is 20.3 Å². The van der Waals surface area contributed by atoms with Crippen LogP contribution in [0.25, 0.3) is 0 Å². The van der Waals surface area contributed by atoms with Crippen LogP contribution in [0.3, 0.4) is 0 Å². The largest absolute Gasteiger partial charge is 0.340 e. The third-order valence-corrected chi connectivity index (χ3v) is 3.56. The van der Waals surface area contributed by atoms with E-state index in [0.29, 0.717) is 22.5 Å². The van der Waals surface area contributed by atoms with Gasteiger partial charge < -0.3 is 10.7 Å². The minimum atomic E-state index is -0.296. The van der Waals surface area contributed by atoms with Gasteiger partial charge in [0.05, 0.1) is 4.47 Å². The summed E-state index contributed by atoms with van der Waals surface area (Å²) >= 11 is 3.18. The predicted octanol–water partition coefficient (Wildman–Crippen LogP) is 3.28. The number of rotatable bonds is 4. The number of aromatic nitrogens is 2. The summed E-state index contributed by atoms with van der Waals surface area (Å²) in [7, 11) is 0. The van der Waals surface area contributed by atoms with Gasteiger partial charge in [-0.2, -0.15) is 0 Å². The Labute approximate surface area is 124 Å². The first kappa shape index (κ1) is 14.7. The molecule has 0 aliphatic carbocycles. The highest BCUT2D eigenvalue weighted by Gasteiger charge is 2.11. The predicted molar refractivity (Wildman–Crippen MR) is 81.3 cm³/mol. The average Bonchev–Trinajstić information content (AvgIpc) is 2.44. The molecule has 1 aromatic carbocycles. The Kier molecular flexibility index (Phi) is 4.51. The molecule has 0 radical (unpaired) electrons. The molecule has 5 nitrogen and oxygen atoms in total. The van der Waals surface area contributed by atoms with E-state index in [-0.39, 0.29) is 5.82 Å². The first-order chi connectivity index (χ1) is 9.56. The molecule has 4 N–H and O–H groups in total. The summed E-state index contributed by atoms with van der Waals surface area (Å²) in [6.45, 7) is 3.81. The van der Waals surface area contributed by atoms with Crippen molar-refractivity contribution < 1.29 is 4.39 Å². The summed E-state index contributed by atoms with van der Waals surface area (Å²) < 4.78 is 13.8. The van der Waals surface area contributed by atoms with Crippen LogP contribution in [0, 0.1) is 12.7 Å². The van der Waals surface area contributed by atoms with Crippen LogP contribution < -0.4 is 16.6 Å². The number of halogens is 2. The lowest BCUT2D eigenvalue weighted by Crippen LogP contribution is -2.13. The lowest BCUT2D eigenvalue weighted by atomic mass is 10.1. The third kappa shape index (κ3) is 2.88. The molecule has 1 aromatic heterocycles. The van der Waals surface area contributed by atoms with E-state index in [1.165, 1.54) is 12.4 Å². The van der Waals surface area contributed by atoms with Crippen molar-refractivity contribution in [1.82, 2.24) is 9.97 Å². The number of nitrogen functional groups attached to an aromatic ring is 1. The first-order valence-electron chi connectivity index (χ1n) is 6.10. The summed E-state index contributed by atoms with van der Waals surface area (Å²) in [4.78, 5) is 8.29.